The third-order valence-electron chi connectivity index (χ3n) is 0.846. The van der Waals surface area contributed by atoms with E-state index in [2.05, 4.69) is 26.2 Å². The number of carbonyl (C=O) groups excluding carboxylic acids is 2. The number of amides is 2. The topological polar surface area (TPSA) is 58.2 Å². The van der Waals surface area contributed by atoms with Gasteiger partial charge in [-0.05, 0) is 0 Å². The molecular formula is C4H9BrN2O2Si. The highest BCUT2D eigenvalue weighted by molar-refractivity contribution is 9.09. The predicted octanol–water partition coefficient (Wildman–Crippen LogP) is -2.11. The highest BCUT2D eigenvalue weighted by atomic mass is 79.9. The van der Waals surface area contributed by atoms with Gasteiger partial charge in [-0.25, -0.2) is 0 Å². The van der Waals surface area contributed by atoms with Crippen LogP contribution in [0, 0.1) is 0 Å². The molecule has 0 bridgehead atoms. The second kappa shape index (κ2) is 5.42. The Labute approximate surface area is 70.4 Å². The van der Waals surface area contributed by atoms with Crippen molar-refractivity contribution in [3.05, 3.63) is 0 Å². The molecule has 0 aromatic rings. The summed E-state index contributed by atoms with van der Waals surface area (Å²) in [5.74, 6) is -0.314. The molecule has 10 heavy (non-hydrogen) atoms. The Bertz CT molecular complexity index is 125. The summed E-state index contributed by atoms with van der Waals surface area (Å²) in [5, 5.41) is 2.64. The molecule has 0 unspecified atom stereocenters. The van der Waals surface area contributed by atoms with Gasteiger partial charge in [0.25, 0.3) is 0 Å². The molecule has 0 aromatic heterocycles. The van der Waals surface area contributed by atoms with Crippen LogP contribution in [0.15, 0.2) is 0 Å². The minimum absolute atomic E-state index is 0.0773. The molecule has 0 radical (unpaired) electrons. The van der Waals surface area contributed by atoms with Gasteiger partial charge in [0.2, 0.25) is 11.8 Å². The van der Waals surface area contributed by atoms with E-state index in [1.54, 1.807) is 0 Å². The zero-order chi connectivity index (χ0) is 7.98. The van der Waals surface area contributed by atoms with Crippen molar-refractivity contribution in [2.24, 2.45) is 0 Å². The average Bonchev–Trinajstić information content (AvgIpc) is 1.99. The van der Waals surface area contributed by atoms with E-state index in [9.17, 15) is 9.59 Å². The third-order valence-corrected chi connectivity index (χ3v) is 1.91. The molecule has 4 nitrogen and oxygen atoms in total. The minimum Gasteiger partial charge on any atom is -0.389 e. The maximum Gasteiger partial charge on any atom is 0.231 e. The number of nitrogens with one attached hydrogen (secondary N) is 2. The summed E-state index contributed by atoms with van der Waals surface area (Å²) in [5.41, 5.74) is 0. The van der Waals surface area contributed by atoms with Crippen molar-refractivity contribution in [3.8, 4) is 0 Å². The predicted molar refractivity (Wildman–Crippen MR) is 44.9 cm³/mol. The molecule has 58 valence electrons. The Kier molecular flexibility index (Phi) is 5.23. The van der Waals surface area contributed by atoms with E-state index in [0.29, 0.717) is 10.4 Å². The first-order valence-electron chi connectivity index (χ1n) is 2.74. The Morgan fingerprint density at radius 3 is 2.40 bits per heavy atom. The molecule has 6 heteroatoms. The molecule has 0 atom stereocenters. The first kappa shape index (κ1) is 9.64. The van der Waals surface area contributed by atoms with Crippen LogP contribution in [0.25, 0.3) is 0 Å². The van der Waals surface area contributed by atoms with Crippen molar-refractivity contribution in [2.45, 2.75) is 0 Å². The Hall–Kier alpha value is -0.363. The number of carbonyl (C=O) groups is 2. The fourth-order valence-corrected chi connectivity index (χ4v) is 0.690. The van der Waals surface area contributed by atoms with Crippen LogP contribution in [-0.4, -0.2) is 34.1 Å². The van der Waals surface area contributed by atoms with Crippen LogP contribution < -0.4 is 10.3 Å². The normalized spacial score (nSPS) is 8.90. The molecule has 0 aliphatic heterocycles. The molecule has 0 heterocycles. The van der Waals surface area contributed by atoms with E-state index in [1.807, 2.05) is 0 Å². The lowest BCUT2D eigenvalue weighted by molar-refractivity contribution is -0.123. The Morgan fingerprint density at radius 1 is 1.40 bits per heavy atom. The Morgan fingerprint density at radius 2 is 2.00 bits per heavy atom. The SMILES string of the molecule is O=C(CNC(=O)CBr)N[SiH3]. The standard InChI is InChI=1S/C4H9BrN2O2Si/c5-1-3(8)6-2-4(9)7-10/h1-2H2,10H3,(H,6,8)(H,7,9). The van der Waals surface area contributed by atoms with Crippen molar-refractivity contribution in [1.29, 1.82) is 0 Å². The smallest absolute Gasteiger partial charge is 0.231 e. The highest BCUT2D eigenvalue weighted by Gasteiger charge is 1.99. The van der Waals surface area contributed by atoms with Gasteiger partial charge in [0.15, 0.2) is 0 Å². The number of rotatable bonds is 3. The van der Waals surface area contributed by atoms with Crippen LogP contribution in [0.1, 0.15) is 0 Å². The highest BCUT2D eigenvalue weighted by Crippen LogP contribution is 1.76. The van der Waals surface area contributed by atoms with E-state index < -0.39 is 0 Å². The molecular weight excluding hydrogens is 216 g/mol. The van der Waals surface area contributed by atoms with Crippen molar-refractivity contribution in [3.63, 3.8) is 0 Å². The lowest BCUT2D eigenvalue weighted by Crippen LogP contribution is -2.36. The van der Waals surface area contributed by atoms with Gasteiger partial charge < -0.3 is 10.3 Å². The van der Waals surface area contributed by atoms with Crippen LogP contribution in [0.3, 0.4) is 0 Å². The number of halogens is 1. The van der Waals surface area contributed by atoms with Gasteiger partial charge in [0, 0.05) is 0 Å². The van der Waals surface area contributed by atoms with Crippen molar-refractivity contribution >= 4 is 38.1 Å². The van der Waals surface area contributed by atoms with Crippen molar-refractivity contribution < 1.29 is 9.59 Å². The summed E-state index contributed by atoms with van der Waals surface area (Å²) in [7, 11) is 0.622. The zero-order valence-electron chi connectivity index (χ0n) is 5.61. The third kappa shape index (κ3) is 4.51. The average molecular weight is 225 g/mol. The van der Waals surface area contributed by atoms with E-state index in [-0.39, 0.29) is 23.7 Å². The summed E-state index contributed by atoms with van der Waals surface area (Å²) < 4.78 is 0. The monoisotopic (exact) mass is 224 g/mol. The van der Waals surface area contributed by atoms with Gasteiger partial charge in [-0.1, -0.05) is 15.9 Å². The summed E-state index contributed by atoms with van der Waals surface area (Å²) in [4.78, 5) is 23.5. The molecule has 0 rings (SSSR count). The zero-order valence-corrected chi connectivity index (χ0v) is 9.19. The van der Waals surface area contributed by atoms with E-state index in [1.165, 1.54) is 0 Å². The van der Waals surface area contributed by atoms with Gasteiger partial charge in [0.05, 0.1) is 11.9 Å². The van der Waals surface area contributed by atoms with Crippen LogP contribution in [0.4, 0.5) is 0 Å². The minimum atomic E-state index is -0.176. The number of hydrogen-bond acceptors (Lipinski definition) is 2. The van der Waals surface area contributed by atoms with Gasteiger partial charge in [-0.15, -0.1) is 0 Å². The lowest BCUT2D eigenvalue weighted by Gasteiger charge is -1.99. The Balaban J connectivity index is 3.35. The molecule has 0 spiro atoms. The maximum atomic E-state index is 10.5. The first-order chi connectivity index (χ1) is 4.70. The van der Waals surface area contributed by atoms with E-state index in [0.717, 1.165) is 0 Å². The molecule has 0 aliphatic carbocycles. The maximum absolute atomic E-state index is 10.5. The largest absolute Gasteiger partial charge is 0.389 e. The van der Waals surface area contributed by atoms with Crippen LogP contribution >= 0.6 is 15.9 Å². The second-order valence-corrected chi connectivity index (χ2v) is 2.64. The summed E-state index contributed by atoms with van der Waals surface area (Å²) in [6.07, 6.45) is 0. The fourth-order valence-electron chi connectivity index (χ4n) is 0.314. The lowest BCUT2D eigenvalue weighted by atomic mass is 10.6. The first-order valence-corrected chi connectivity index (χ1v) is 4.86. The molecule has 0 saturated heterocycles. The molecule has 0 aliphatic rings. The fraction of sp³-hybridized carbons (Fsp3) is 0.500. The molecule has 2 amide bonds. The van der Waals surface area contributed by atoms with E-state index >= 15 is 0 Å². The van der Waals surface area contributed by atoms with Crippen LogP contribution in [0.2, 0.25) is 0 Å². The van der Waals surface area contributed by atoms with Crippen LogP contribution in [0.5, 0.6) is 0 Å². The molecule has 0 fully saturated rings. The van der Waals surface area contributed by atoms with Gasteiger partial charge >= 0.3 is 0 Å². The second-order valence-electron chi connectivity index (χ2n) is 1.58. The van der Waals surface area contributed by atoms with E-state index in [4.69, 9.17) is 0 Å². The molecule has 0 saturated carbocycles. The quantitative estimate of drug-likeness (QED) is 0.427. The van der Waals surface area contributed by atoms with Gasteiger partial charge in [-0.2, -0.15) is 0 Å². The number of alkyl halides is 1. The summed E-state index contributed by atoms with van der Waals surface area (Å²) >= 11 is 2.95. The van der Waals surface area contributed by atoms with Gasteiger partial charge in [0.1, 0.15) is 10.4 Å². The summed E-state index contributed by atoms with van der Waals surface area (Å²) in [6, 6.07) is 0. The van der Waals surface area contributed by atoms with Crippen molar-refractivity contribution in [2.75, 3.05) is 11.9 Å². The summed E-state index contributed by atoms with van der Waals surface area (Å²) in [6.45, 7) is 0.0773. The number of hydrogen-bond donors (Lipinski definition) is 2. The van der Waals surface area contributed by atoms with Crippen LogP contribution in [-0.2, 0) is 9.59 Å². The van der Waals surface area contributed by atoms with Crippen molar-refractivity contribution in [1.82, 2.24) is 10.3 Å². The molecule has 0 aromatic carbocycles. The van der Waals surface area contributed by atoms with Gasteiger partial charge in [-0.3, -0.25) is 9.59 Å². The molecule has 2 N–H and O–H groups in total.